The zero-order chi connectivity index (χ0) is 25.7. The molecule has 0 aromatic heterocycles. The lowest BCUT2D eigenvalue weighted by atomic mass is 9.81. The minimum Gasteiger partial charge on any atom is -0.460 e. The number of rotatable bonds is 9. The van der Waals surface area contributed by atoms with Crippen LogP contribution in [0.15, 0.2) is 42.5 Å². The van der Waals surface area contributed by atoms with Crippen molar-refractivity contribution in [2.45, 2.75) is 63.4 Å². The van der Waals surface area contributed by atoms with Crippen LogP contribution in [-0.2, 0) is 19.1 Å². The second-order valence-electron chi connectivity index (χ2n) is 9.01. The van der Waals surface area contributed by atoms with Gasteiger partial charge in [0.05, 0.1) is 19.3 Å². The average molecular weight is 518 g/mol. The number of hydrogen-bond acceptors (Lipinski definition) is 8. The molecule has 1 aliphatic heterocycles. The summed E-state index contributed by atoms with van der Waals surface area (Å²) in [7, 11) is 0. The molecule has 3 atom stereocenters. The van der Waals surface area contributed by atoms with E-state index in [-0.39, 0.29) is 30.9 Å². The number of ether oxygens (including phenoxy) is 4. The van der Waals surface area contributed by atoms with Gasteiger partial charge >= 0.3 is 17.7 Å². The number of fused-ring (bicyclic) bond motifs is 1. The molecule has 9 heteroatoms. The maximum atomic E-state index is 12.6. The van der Waals surface area contributed by atoms with Gasteiger partial charge in [-0.3, -0.25) is 0 Å². The van der Waals surface area contributed by atoms with Gasteiger partial charge in [0.25, 0.3) is 0 Å². The van der Waals surface area contributed by atoms with Crippen LogP contribution < -0.4 is 14.8 Å². The second-order valence-corrected chi connectivity index (χ2v) is 9.44. The van der Waals surface area contributed by atoms with Gasteiger partial charge in [-0.2, -0.15) is 0 Å². The summed E-state index contributed by atoms with van der Waals surface area (Å²) in [4.78, 5) is 25.2. The monoisotopic (exact) mass is 517 g/mol. The molecule has 1 fully saturated rings. The molecule has 4 rings (SSSR count). The second kappa shape index (κ2) is 11.5. The molecule has 2 aliphatic rings. The van der Waals surface area contributed by atoms with E-state index in [1.807, 2.05) is 24.3 Å². The molecule has 2 aromatic carbocycles. The van der Waals surface area contributed by atoms with Crippen LogP contribution >= 0.6 is 11.6 Å². The van der Waals surface area contributed by atoms with Gasteiger partial charge < -0.3 is 29.4 Å². The maximum absolute atomic E-state index is 12.6. The number of nitrogens with one attached hydrogen (secondary N) is 1. The van der Waals surface area contributed by atoms with E-state index < -0.39 is 23.8 Å². The van der Waals surface area contributed by atoms with Crippen molar-refractivity contribution in [1.82, 2.24) is 5.32 Å². The number of carbonyl (C=O) groups excluding carboxylic acids is 2. The Hall–Kier alpha value is -2.81. The Morgan fingerprint density at radius 2 is 1.81 bits per heavy atom. The van der Waals surface area contributed by atoms with Crippen LogP contribution in [0.1, 0.15) is 62.7 Å². The van der Waals surface area contributed by atoms with Crippen LogP contribution in [-0.4, -0.2) is 48.6 Å². The molecule has 0 saturated heterocycles. The van der Waals surface area contributed by atoms with Gasteiger partial charge in [-0.05, 0) is 74.4 Å². The average Bonchev–Trinajstić information content (AvgIpc) is 3.28. The van der Waals surface area contributed by atoms with E-state index in [0.29, 0.717) is 17.3 Å². The number of esters is 2. The van der Waals surface area contributed by atoms with E-state index in [1.165, 1.54) is 0 Å². The molecule has 0 spiro atoms. The van der Waals surface area contributed by atoms with Gasteiger partial charge in [-0.1, -0.05) is 36.2 Å². The Kier molecular flexibility index (Phi) is 8.39. The smallest absolute Gasteiger partial charge is 0.453 e. The van der Waals surface area contributed by atoms with Crippen molar-refractivity contribution in [1.29, 1.82) is 0 Å². The summed E-state index contributed by atoms with van der Waals surface area (Å²) in [6, 6.07) is 13.0. The highest BCUT2D eigenvalue weighted by Gasteiger charge is 2.59. The van der Waals surface area contributed by atoms with Crippen LogP contribution in [0.2, 0.25) is 5.02 Å². The van der Waals surface area contributed by atoms with Crippen LogP contribution in [0.3, 0.4) is 0 Å². The maximum Gasteiger partial charge on any atom is 0.453 e. The fourth-order valence-corrected chi connectivity index (χ4v) is 4.96. The molecule has 0 amide bonds. The lowest BCUT2D eigenvalue weighted by Gasteiger charge is -2.31. The highest BCUT2D eigenvalue weighted by Crippen LogP contribution is 2.44. The van der Waals surface area contributed by atoms with E-state index in [1.54, 1.807) is 32.0 Å². The number of aliphatic hydroxyl groups is 1. The molecule has 0 bridgehead atoms. The first-order valence-electron chi connectivity index (χ1n) is 12.4. The van der Waals surface area contributed by atoms with Gasteiger partial charge in [0.15, 0.2) is 11.5 Å². The lowest BCUT2D eigenvalue weighted by molar-refractivity contribution is -0.202. The first-order chi connectivity index (χ1) is 17.4. The van der Waals surface area contributed by atoms with Crippen molar-refractivity contribution in [3.8, 4) is 11.5 Å². The highest BCUT2D eigenvalue weighted by molar-refractivity contribution is 6.30. The van der Waals surface area contributed by atoms with Crippen LogP contribution in [0.25, 0.3) is 0 Å². The molecule has 8 nitrogen and oxygen atoms in total. The SMILES string of the molecule is CCOC(=O)C1(C(=O)OCC)Oc2ccc(C3CCCC(NC[C@H](O)c4cccc(Cl)c4)C3)cc2O1. The molecule has 36 heavy (non-hydrogen) atoms. The molecule has 194 valence electrons. The number of benzene rings is 2. The minimum absolute atomic E-state index is 0.0662. The summed E-state index contributed by atoms with van der Waals surface area (Å²) < 4.78 is 21.6. The van der Waals surface area contributed by atoms with Gasteiger partial charge in [0.1, 0.15) is 0 Å². The Balaban J connectivity index is 1.43. The molecule has 0 radical (unpaired) electrons. The molecule has 2 N–H and O–H groups in total. The van der Waals surface area contributed by atoms with Crippen molar-refractivity contribution in [2.75, 3.05) is 19.8 Å². The molecular formula is C27H32ClNO7. The Morgan fingerprint density at radius 3 is 2.50 bits per heavy atom. The largest absolute Gasteiger partial charge is 0.460 e. The predicted molar refractivity (Wildman–Crippen MR) is 133 cm³/mol. The number of halogens is 1. The van der Waals surface area contributed by atoms with Crippen molar-refractivity contribution in [2.24, 2.45) is 0 Å². The topological polar surface area (TPSA) is 103 Å². The van der Waals surface area contributed by atoms with Crippen LogP contribution in [0, 0.1) is 0 Å². The standard InChI is InChI=1S/C27H32ClNO7/c1-3-33-25(31)27(26(32)34-4-2)35-23-12-11-18(15-24(23)36-27)17-7-6-10-21(14-17)29-16-22(30)19-8-5-9-20(28)13-19/h5,8-9,11-13,15,17,21-22,29-30H,3-4,6-7,10,14,16H2,1-2H3/t17?,21?,22-/m0/s1. The van der Waals surface area contributed by atoms with E-state index in [9.17, 15) is 14.7 Å². The lowest BCUT2D eigenvalue weighted by Crippen LogP contribution is -2.55. The van der Waals surface area contributed by atoms with E-state index in [2.05, 4.69) is 5.32 Å². The van der Waals surface area contributed by atoms with Crippen LogP contribution in [0.5, 0.6) is 11.5 Å². The van der Waals surface area contributed by atoms with Gasteiger partial charge in [0.2, 0.25) is 0 Å². The molecule has 2 unspecified atom stereocenters. The van der Waals surface area contributed by atoms with E-state index >= 15 is 0 Å². The Labute approximate surface area is 215 Å². The first kappa shape index (κ1) is 26.3. The summed E-state index contributed by atoms with van der Waals surface area (Å²) in [6.07, 6.45) is 3.27. The van der Waals surface area contributed by atoms with Gasteiger partial charge in [-0.25, -0.2) is 9.59 Å². The third kappa shape index (κ3) is 5.61. The molecular weight excluding hydrogens is 486 g/mol. The van der Waals surface area contributed by atoms with Crippen molar-refractivity contribution in [3.63, 3.8) is 0 Å². The molecule has 1 heterocycles. The van der Waals surface area contributed by atoms with E-state index in [0.717, 1.165) is 36.8 Å². The quantitative estimate of drug-likeness (QED) is 0.375. The third-order valence-electron chi connectivity index (χ3n) is 6.54. The summed E-state index contributed by atoms with van der Waals surface area (Å²) in [6.45, 7) is 3.84. The first-order valence-corrected chi connectivity index (χ1v) is 12.8. The third-order valence-corrected chi connectivity index (χ3v) is 6.78. The van der Waals surface area contributed by atoms with Gasteiger partial charge in [-0.15, -0.1) is 0 Å². The zero-order valence-electron chi connectivity index (χ0n) is 20.5. The highest BCUT2D eigenvalue weighted by atomic mass is 35.5. The number of aliphatic hydroxyl groups excluding tert-OH is 1. The minimum atomic E-state index is -2.29. The fraction of sp³-hybridized carbons (Fsp3) is 0.481. The van der Waals surface area contributed by atoms with Gasteiger partial charge in [0, 0.05) is 17.6 Å². The Morgan fingerprint density at radius 1 is 1.08 bits per heavy atom. The number of carbonyl (C=O) groups is 2. The summed E-state index contributed by atoms with van der Waals surface area (Å²) in [5, 5.41) is 14.6. The van der Waals surface area contributed by atoms with Crippen molar-refractivity contribution < 1.29 is 33.6 Å². The van der Waals surface area contributed by atoms with E-state index in [4.69, 9.17) is 30.5 Å². The van der Waals surface area contributed by atoms with Crippen molar-refractivity contribution in [3.05, 3.63) is 58.6 Å². The zero-order valence-corrected chi connectivity index (χ0v) is 21.3. The summed E-state index contributed by atoms with van der Waals surface area (Å²) in [5.74, 6) is -3.34. The van der Waals surface area contributed by atoms with Crippen LogP contribution in [0.4, 0.5) is 0 Å². The molecule has 1 aliphatic carbocycles. The summed E-state index contributed by atoms with van der Waals surface area (Å²) >= 11 is 6.05. The summed E-state index contributed by atoms with van der Waals surface area (Å²) in [5.41, 5.74) is 1.81. The fourth-order valence-electron chi connectivity index (χ4n) is 4.76. The number of hydrogen-bond donors (Lipinski definition) is 2. The van der Waals surface area contributed by atoms with Crippen molar-refractivity contribution >= 4 is 23.5 Å². The Bertz CT molecular complexity index is 1070. The predicted octanol–water partition coefficient (Wildman–Crippen LogP) is 4.28. The normalized spacial score (nSPS) is 21.0. The molecule has 1 saturated carbocycles. The molecule has 2 aromatic rings.